The van der Waals surface area contributed by atoms with Crippen LogP contribution in [0.1, 0.15) is 36.5 Å². The molecule has 0 aliphatic carbocycles. The first-order valence-electron chi connectivity index (χ1n) is 12.1. The van der Waals surface area contributed by atoms with Crippen molar-refractivity contribution in [2.24, 2.45) is 0 Å². The van der Waals surface area contributed by atoms with Gasteiger partial charge in [-0.1, -0.05) is 35.9 Å². The average molecular weight is 596 g/mol. The Balaban J connectivity index is 1.83. The monoisotopic (exact) mass is 595 g/mol. The van der Waals surface area contributed by atoms with E-state index in [1.165, 1.54) is 30.3 Å². The first kappa shape index (κ1) is 29.3. The Labute approximate surface area is 234 Å². The van der Waals surface area contributed by atoms with E-state index in [1.54, 1.807) is 38.1 Å². The Kier molecular flexibility index (Phi) is 8.65. The number of sulfonamides is 1. The van der Waals surface area contributed by atoms with E-state index in [4.69, 9.17) is 21.4 Å². The summed E-state index contributed by atoms with van der Waals surface area (Å²) in [4.78, 5) is 10.9. The second-order valence-corrected chi connectivity index (χ2v) is 11.4. The summed E-state index contributed by atoms with van der Waals surface area (Å²) in [7, 11) is -4.36. The summed E-state index contributed by atoms with van der Waals surface area (Å²) >= 11 is 6.22. The maximum absolute atomic E-state index is 14.5. The van der Waals surface area contributed by atoms with Crippen molar-refractivity contribution in [1.82, 2.24) is 0 Å². The van der Waals surface area contributed by atoms with Crippen molar-refractivity contribution in [2.75, 3.05) is 10.8 Å². The second kappa shape index (κ2) is 11.8. The molecule has 0 saturated heterocycles. The highest BCUT2D eigenvalue weighted by Gasteiger charge is 2.36. The number of anilines is 1. The largest absolute Gasteiger partial charge is 0.486 e. The predicted octanol–water partition coefficient (Wildman–Crippen LogP) is 6.77. The Morgan fingerprint density at radius 2 is 1.95 bits per heavy atom. The van der Waals surface area contributed by atoms with Crippen molar-refractivity contribution >= 4 is 44.9 Å². The van der Waals surface area contributed by atoms with Crippen LogP contribution in [0.2, 0.25) is 5.02 Å². The molecule has 3 aromatic carbocycles. The highest BCUT2D eigenvalue weighted by molar-refractivity contribution is 7.92. The maximum atomic E-state index is 14.5. The number of rotatable bonds is 9. The van der Waals surface area contributed by atoms with Gasteiger partial charge in [0.2, 0.25) is 0 Å². The molecule has 1 aliphatic heterocycles. The molecule has 0 spiro atoms. The standard InChI is InChI=1S/C28H25ClF3NO6S/c1-16(26-22(29)7-4-8-23(26)30)13-18-9-11-24-27(17(18)2)33(15-20(38-24)10-12-25(34)35)40(36,37)21-6-3-5-19(14-21)39-28(31)32/h3-9,11,13-14,20,28H,10,12,15H2,1-2H3,(H,34,35)/b16-13+/t20-/m0/s1. The lowest BCUT2D eigenvalue weighted by Gasteiger charge is -2.37. The van der Waals surface area contributed by atoms with Gasteiger partial charge in [0.15, 0.2) is 0 Å². The van der Waals surface area contributed by atoms with E-state index >= 15 is 0 Å². The lowest BCUT2D eigenvalue weighted by Crippen LogP contribution is -2.44. The third-order valence-electron chi connectivity index (χ3n) is 6.38. The number of carboxylic acids is 1. The molecule has 40 heavy (non-hydrogen) atoms. The van der Waals surface area contributed by atoms with E-state index in [9.17, 15) is 26.4 Å². The van der Waals surface area contributed by atoms with Gasteiger partial charge in [-0.2, -0.15) is 8.78 Å². The number of alkyl halides is 2. The molecule has 1 N–H and O–H groups in total. The van der Waals surface area contributed by atoms with Crippen LogP contribution in [0, 0.1) is 12.7 Å². The molecule has 7 nitrogen and oxygen atoms in total. The molecule has 212 valence electrons. The molecule has 0 saturated carbocycles. The van der Waals surface area contributed by atoms with Gasteiger partial charge in [-0.25, -0.2) is 12.8 Å². The van der Waals surface area contributed by atoms with Gasteiger partial charge in [-0.05, 0) is 67.3 Å². The van der Waals surface area contributed by atoms with E-state index in [2.05, 4.69) is 4.74 Å². The summed E-state index contributed by atoms with van der Waals surface area (Å²) < 4.78 is 79.4. The van der Waals surface area contributed by atoms with E-state index in [-0.39, 0.29) is 52.1 Å². The molecule has 0 amide bonds. The Morgan fingerprint density at radius 1 is 1.23 bits per heavy atom. The highest BCUT2D eigenvalue weighted by atomic mass is 35.5. The van der Waals surface area contributed by atoms with Crippen molar-refractivity contribution in [1.29, 1.82) is 0 Å². The Bertz CT molecular complexity index is 1560. The number of carboxylic acid groups (broad SMARTS) is 1. The van der Waals surface area contributed by atoms with Crippen LogP contribution in [0.25, 0.3) is 11.6 Å². The number of ether oxygens (including phenoxy) is 2. The number of carbonyl (C=O) groups is 1. The molecule has 1 atom stereocenters. The zero-order valence-corrected chi connectivity index (χ0v) is 23.0. The third-order valence-corrected chi connectivity index (χ3v) is 8.45. The zero-order chi connectivity index (χ0) is 29.2. The topological polar surface area (TPSA) is 93.1 Å². The fourth-order valence-corrected chi connectivity index (χ4v) is 6.43. The number of nitrogens with zero attached hydrogens (tertiary/aromatic N) is 1. The minimum atomic E-state index is -4.36. The van der Waals surface area contributed by atoms with Crippen molar-refractivity contribution in [2.45, 2.75) is 44.3 Å². The van der Waals surface area contributed by atoms with E-state index in [1.807, 2.05) is 0 Å². The molecular formula is C28H25ClF3NO6S. The summed E-state index contributed by atoms with van der Waals surface area (Å²) in [6.07, 6.45) is 0.645. The van der Waals surface area contributed by atoms with Crippen LogP contribution in [0.3, 0.4) is 0 Å². The summed E-state index contributed by atoms with van der Waals surface area (Å²) in [5.74, 6) is -1.73. The smallest absolute Gasteiger partial charge is 0.387 e. The van der Waals surface area contributed by atoms with Gasteiger partial charge in [0.05, 0.1) is 22.2 Å². The van der Waals surface area contributed by atoms with Crippen molar-refractivity contribution in [3.05, 3.63) is 82.1 Å². The maximum Gasteiger partial charge on any atom is 0.387 e. The van der Waals surface area contributed by atoms with E-state index < -0.39 is 34.5 Å². The lowest BCUT2D eigenvalue weighted by atomic mass is 9.99. The van der Waals surface area contributed by atoms with Gasteiger partial charge >= 0.3 is 12.6 Å². The van der Waals surface area contributed by atoms with Crippen LogP contribution in [-0.4, -0.2) is 38.8 Å². The van der Waals surface area contributed by atoms with E-state index in [0.717, 1.165) is 10.4 Å². The zero-order valence-electron chi connectivity index (χ0n) is 21.4. The number of hydrogen-bond donors (Lipinski definition) is 1. The van der Waals surface area contributed by atoms with Gasteiger partial charge in [-0.15, -0.1) is 0 Å². The highest BCUT2D eigenvalue weighted by Crippen LogP contribution is 2.43. The van der Waals surface area contributed by atoms with Crippen LogP contribution < -0.4 is 13.8 Å². The summed E-state index contributed by atoms with van der Waals surface area (Å²) in [5.41, 5.74) is 1.91. The van der Waals surface area contributed by atoms with Crippen LogP contribution in [-0.2, 0) is 14.8 Å². The fourth-order valence-electron chi connectivity index (χ4n) is 4.52. The fraction of sp³-hybridized carbons (Fsp3) is 0.250. The minimum Gasteiger partial charge on any atom is -0.486 e. The first-order valence-corrected chi connectivity index (χ1v) is 13.9. The molecule has 0 unspecified atom stereocenters. The van der Waals surface area contributed by atoms with Crippen molar-refractivity contribution in [3.63, 3.8) is 0 Å². The number of fused-ring (bicyclic) bond motifs is 1. The molecule has 4 rings (SSSR count). The molecule has 0 fully saturated rings. The summed E-state index contributed by atoms with van der Waals surface area (Å²) in [6.45, 7) is -0.0368. The van der Waals surface area contributed by atoms with Crippen LogP contribution >= 0.6 is 11.6 Å². The molecular weight excluding hydrogens is 571 g/mol. The van der Waals surface area contributed by atoms with Crippen LogP contribution in [0.4, 0.5) is 18.9 Å². The van der Waals surface area contributed by atoms with Crippen LogP contribution in [0.5, 0.6) is 11.5 Å². The summed E-state index contributed by atoms with van der Waals surface area (Å²) in [5, 5.41) is 9.35. The summed E-state index contributed by atoms with van der Waals surface area (Å²) in [6, 6.07) is 12.3. The quantitative estimate of drug-likeness (QED) is 0.274. The molecule has 1 heterocycles. The lowest BCUT2D eigenvalue weighted by molar-refractivity contribution is -0.137. The van der Waals surface area contributed by atoms with Gasteiger partial charge in [0, 0.05) is 18.1 Å². The molecule has 1 aliphatic rings. The molecule has 0 bridgehead atoms. The van der Waals surface area contributed by atoms with Crippen molar-refractivity contribution < 1.29 is 41.0 Å². The number of aliphatic carboxylic acids is 1. The second-order valence-electron chi connectivity index (χ2n) is 9.11. The number of benzene rings is 3. The number of halogens is 4. The molecule has 3 aromatic rings. The third kappa shape index (κ3) is 6.20. The Morgan fingerprint density at radius 3 is 2.62 bits per heavy atom. The van der Waals surface area contributed by atoms with E-state index in [0.29, 0.717) is 16.7 Å². The van der Waals surface area contributed by atoms with Crippen LogP contribution in [0.15, 0.2) is 59.5 Å². The molecule has 12 heteroatoms. The molecule has 0 radical (unpaired) electrons. The van der Waals surface area contributed by atoms with Gasteiger partial charge < -0.3 is 14.6 Å². The predicted molar refractivity (Wildman–Crippen MR) is 145 cm³/mol. The molecule has 0 aromatic heterocycles. The van der Waals surface area contributed by atoms with Gasteiger partial charge in [0.1, 0.15) is 23.4 Å². The Hall–Kier alpha value is -3.70. The van der Waals surface area contributed by atoms with Crippen molar-refractivity contribution in [3.8, 4) is 11.5 Å². The SMILES string of the molecule is C/C(=C\c1ccc2c(c1C)N(S(=O)(=O)c1cccc(OC(F)F)c1)C[C@H](CCC(=O)O)O2)c1c(F)cccc1Cl. The minimum absolute atomic E-state index is 0.0287. The normalized spacial score (nSPS) is 15.5. The average Bonchev–Trinajstić information content (AvgIpc) is 2.88. The first-order chi connectivity index (χ1) is 18.9. The van der Waals surface area contributed by atoms with Gasteiger partial charge in [0.25, 0.3) is 10.0 Å². The number of allylic oxidation sites excluding steroid dienone is 1. The number of hydrogen-bond acceptors (Lipinski definition) is 5. The van der Waals surface area contributed by atoms with Gasteiger partial charge in [-0.3, -0.25) is 9.10 Å².